The molecule has 1 unspecified atom stereocenters. The number of methoxy groups -OCH3 is 2. The number of hydrogen-bond acceptors (Lipinski definition) is 6. The molecule has 5 rings (SSSR count). The molecular formula is C24H19ClN4O5. The number of H-pyrrole nitrogens is 1. The Morgan fingerprint density at radius 2 is 1.94 bits per heavy atom. The molecular weight excluding hydrogens is 460 g/mol. The van der Waals surface area contributed by atoms with Crippen molar-refractivity contribution in [2.45, 2.75) is 5.72 Å². The van der Waals surface area contributed by atoms with Crippen molar-refractivity contribution in [3.05, 3.63) is 82.4 Å². The highest BCUT2D eigenvalue weighted by atomic mass is 35.5. The normalized spacial score (nSPS) is 17.1. The number of aromatic amines is 1. The van der Waals surface area contributed by atoms with Gasteiger partial charge in [-0.3, -0.25) is 15.0 Å². The van der Waals surface area contributed by atoms with Crippen molar-refractivity contribution < 1.29 is 24.2 Å². The second-order valence-electron chi connectivity index (χ2n) is 7.61. The van der Waals surface area contributed by atoms with Gasteiger partial charge in [0.25, 0.3) is 5.91 Å². The van der Waals surface area contributed by atoms with E-state index in [0.717, 1.165) is 0 Å². The lowest BCUT2D eigenvalue weighted by Crippen LogP contribution is -2.45. The summed E-state index contributed by atoms with van der Waals surface area (Å²) in [4.78, 5) is 33.7. The number of carbonyl (C=O) groups is 2. The van der Waals surface area contributed by atoms with Crippen LogP contribution in [-0.2, 0) is 10.5 Å². The lowest BCUT2D eigenvalue weighted by Gasteiger charge is -2.35. The standard InChI is InChI=1S/C24H19ClN4O5/c1-33-20-10-8-14(25)12-19(20)29-21(30)15-5-3-4-6-16(15)24(29,32)13-7-9-17-18(11-13)27-22(26-17)28-23(31)34-2/h3-12,32H,1-2H3,(H2,26,27,28,31). The molecule has 1 aliphatic heterocycles. The maximum absolute atomic E-state index is 13.6. The van der Waals surface area contributed by atoms with Gasteiger partial charge in [0.05, 0.1) is 30.9 Å². The number of ether oxygens (including phenoxy) is 2. The molecule has 4 aromatic rings. The van der Waals surface area contributed by atoms with E-state index in [1.54, 1.807) is 60.7 Å². The first-order valence-electron chi connectivity index (χ1n) is 10.2. The molecule has 10 heteroatoms. The summed E-state index contributed by atoms with van der Waals surface area (Å²) < 4.78 is 10.1. The number of rotatable bonds is 4. The molecule has 3 aromatic carbocycles. The topological polar surface area (TPSA) is 117 Å². The first-order chi connectivity index (χ1) is 16.4. The molecule has 0 fully saturated rings. The Labute approximate surface area is 198 Å². The van der Waals surface area contributed by atoms with Crippen molar-refractivity contribution in [3.8, 4) is 5.75 Å². The number of aromatic nitrogens is 2. The predicted molar refractivity (Wildman–Crippen MR) is 126 cm³/mol. The minimum Gasteiger partial charge on any atom is -0.495 e. The highest BCUT2D eigenvalue weighted by Crippen LogP contribution is 2.48. The number of anilines is 2. The van der Waals surface area contributed by atoms with E-state index in [-0.39, 0.29) is 5.95 Å². The number of fused-ring (bicyclic) bond motifs is 2. The molecule has 0 saturated carbocycles. The summed E-state index contributed by atoms with van der Waals surface area (Å²) in [5, 5.41) is 15.1. The van der Waals surface area contributed by atoms with Crippen LogP contribution >= 0.6 is 11.6 Å². The van der Waals surface area contributed by atoms with E-state index in [0.29, 0.717) is 44.2 Å². The van der Waals surface area contributed by atoms with Gasteiger partial charge in [-0.25, -0.2) is 9.78 Å². The number of nitrogens with zero attached hydrogens (tertiary/aromatic N) is 2. The fraction of sp³-hybridized carbons (Fsp3) is 0.125. The quantitative estimate of drug-likeness (QED) is 0.403. The van der Waals surface area contributed by atoms with Gasteiger partial charge in [0.15, 0.2) is 5.72 Å². The van der Waals surface area contributed by atoms with Crippen molar-refractivity contribution in [2.75, 3.05) is 24.4 Å². The minimum absolute atomic E-state index is 0.183. The first-order valence-corrected chi connectivity index (χ1v) is 10.6. The van der Waals surface area contributed by atoms with Gasteiger partial charge in [0, 0.05) is 21.7 Å². The van der Waals surface area contributed by atoms with E-state index in [1.165, 1.54) is 19.1 Å². The maximum atomic E-state index is 13.6. The van der Waals surface area contributed by atoms with E-state index in [1.807, 2.05) is 0 Å². The summed E-state index contributed by atoms with van der Waals surface area (Å²) in [6, 6.07) is 16.7. The number of hydrogen-bond donors (Lipinski definition) is 3. The Morgan fingerprint density at radius 1 is 1.15 bits per heavy atom. The Bertz CT molecular complexity index is 1450. The van der Waals surface area contributed by atoms with Crippen LogP contribution in [0, 0.1) is 0 Å². The van der Waals surface area contributed by atoms with Crippen LogP contribution in [0.3, 0.4) is 0 Å². The van der Waals surface area contributed by atoms with E-state index < -0.39 is 17.7 Å². The lowest BCUT2D eigenvalue weighted by molar-refractivity contribution is 0.0700. The van der Waals surface area contributed by atoms with Crippen LogP contribution in [0.2, 0.25) is 5.02 Å². The van der Waals surface area contributed by atoms with E-state index >= 15 is 0 Å². The fourth-order valence-corrected chi connectivity index (χ4v) is 4.36. The number of imidazole rings is 1. The summed E-state index contributed by atoms with van der Waals surface area (Å²) in [6.45, 7) is 0. The van der Waals surface area contributed by atoms with Crippen molar-refractivity contribution in [1.29, 1.82) is 0 Å². The number of benzene rings is 3. The smallest absolute Gasteiger partial charge is 0.413 e. The molecule has 2 amide bonds. The van der Waals surface area contributed by atoms with Gasteiger partial charge >= 0.3 is 6.09 Å². The van der Waals surface area contributed by atoms with Crippen LogP contribution in [0.5, 0.6) is 5.75 Å². The second-order valence-corrected chi connectivity index (χ2v) is 8.04. The van der Waals surface area contributed by atoms with Crippen LogP contribution in [0.15, 0.2) is 60.7 Å². The largest absolute Gasteiger partial charge is 0.495 e. The molecule has 0 spiro atoms. The highest BCUT2D eigenvalue weighted by Gasteiger charge is 2.51. The fourth-order valence-electron chi connectivity index (χ4n) is 4.20. The van der Waals surface area contributed by atoms with Crippen LogP contribution in [0.25, 0.3) is 11.0 Å². The molecule has 172 valence electrons. The summed E-state index contributed by atoms with van der Waals surface area (Å²) in [5.74, 6) is 0.144. The molecule has 3 N–H and O–H groups in total. The number of amides is 2. The zero-order chi connectivity index (χ0) is 24.0. The lowest BCUT2D eigenvalue weighted by atomic mass is 9.93. The van der Waals surface area contributed by atoms with Gasteiger partial charge in [-0.15, -0.1) is 0 Å². The Kier molecular flexibility index (Phi) is 5.15. The Hall–Kier alpha value is -4.08. The van der Waals surface area contributed by atoms with E-state index in [4.69, 9.17) is 16.3 Å². The molecule has 0 radical (unpaired) electrons. The average Bonchev–Trinajstić information content (AvgIpc) is 3.34. The summed E-state index contributed by atoms with van der Waals surface area (Å²) >= 11 is 6.25. The Balaban J connectivity index is 1.71. The second kappa shape index (κ2) is 8.05. The van der Waals surface area contributed by atoms with Gasteiger partial charge in [-0.2, -0.15) is 0 Å². The molecule has 0 aliphatic carbocycles. The van der Waals surface area contributed by atoms with Crippen molar-refractivity contribution in [2.24, 2.45) is 0 Å². The molecule has 2 heterocycles. The van der Waals surface area contributed by atoms with E-state index in [9.17, 15) is 14.7 Å². The molecule has 0 saturated heterocycles. The molecule has 0 bridgehead atoms. The monoisotopic (exact) mass is 478 g/mol. The number of aliphatic hydroxyl groups is 1. The average molecular weight is 479 g/mol. The van der Waals surface area contributed by atoms with Gasteiger partial charge < -0.3 is 19.6 Å². The number of carbonyl (C=O) groups excluding carboxylic acids is 2. The van der Waals surface area contributed by atoms with Crippen molar-refractivity contribution in [1.82, 2.24) is 9.97 Å². The third kappa shape index (κ3) is 3.25. The molecule has 34 heavy (non-hydrogen) atoms. The molecule has 1 atom stereocenters. The maximum Gasteiger partial charge on any atom is 0.413 e. The van der Waals surface area contributed by atoms with Crippen LogP contribution in [0.4, 0.5) is 16.4 Å². The van der Waals surface area contributed by atoms with Gasteiger partial charge in [-0.1, -0.05) is 35.9 Å². The van der Waals surface area contributed by atoms with Gasteiger partial charge in [0.1, 0.15) is 5.75 Å². The van der Waals surface area contributed by atoms with Crippen molar-refractivity contribution >= 4 is 46.3 Å². The first kappa shape index (κ1) is 21.7. The minimum atomic E-state index is -1.88. The van der Waals surface area contributed by atoms with Crippen LogP contribution in [0.1, 0.15) is 21.5 Å². The Morgan fingerprint density at radius 3 is 2.71 bits per heavy atom. The summed E-state index contributed by atoms with van der Waals surface area (Å²) in [5.41, 5.74) is 0.655. The zero-order valence-electron chi connectivity index (χ0n) is 18.1. The predicted octanol–water partition coefficient (Wildman–Crippen LogP) is 4.26. The SMILES string of the molecule is COC(=O)Nc1nc2cc(C3(O)c4ccccc4C(=O)N3c3cc(Cl)ccc3OC)ccc2[nH]1. The molecule has 9 nitrogen and oxygen atoms in total. The van der Waals surface area contributed by atoms with Crippen LogP contribution < -0.4 is 15.0 Å². The third-order valence-electron chi connectivity index (χ3n) is 5.73. The van der Waals surface area contributed by atoms with Gasteiger partial charge in [-0.05, 0) is 36.4 Å². The van der Waals surface area contributed by atoms with Gasteiger partial charge in [0.2, 0.25) is 5.95 Å². The summed E-state index contributed by atoms with van der Waals surface area (Å²) in [6.07, 6.45) is -0.674. The molecule has 1 aliphatic rings. The number of halogens is 1. The van der Waals surface area contributed by atoms with Crippen molar-refractivity contribution in [3.63, 3.8) is 0 Å². The zero-order valence-corrected chi connectivity index (χ0v) is 18.9. The number of nitrogens with one attached hydrogen (secondary N) is 2. The van der Waals surface area contributed by atoms with E-state index in [2.05, 4.69) is 20.0 Å². The van der Waals surface area contributed by atoms with Crippen LogP contribution in [-0.4, -0.2) is 41.3 Å². The summed E-state index contributed by atoms with van der Waals surface area (Å²) in [7, 11) is 2.73. The highest BCUT2D eigenvalue weighted by molar-refractivity contribution is 6.31. The third-order valence-corrected chi connectivity index (χ3v) is 5.97. The molecule has 1 aromatic heterocycles.